The molecule has 3 N–H and O–H groups in total. The lowest BCUT2D eigenvalue weighted by atomic mass is 9.80. The first kappa shape index (κ1) is 19.7. The third kappa shape index (κ3) is 3.46. The minimum absolute atomic E-state index is 0.0601. The maximum atomic E-state index is 13.1. The molecule has 6 nitrogen and oxygen atoms in total. The zero-order valence-corrected chi connectivity index (χ0v) is 16.8. The summed E-state index contributed by atoms with van der Waals surface area (Å²) in [5, 5.41) is 16.4. The van der Waals surface area contributed by atoms with Crippen molar-refractivity contribution in [1.82, 2.24) is 5.32 Å². The molecule has 0 aromatic heterocycles. The molecule has 1 aliphatic carbocycles. The van der Waals surface area contributed by atoms with Crippen LogP contribution in [0.2, 0.25) is 5.02 Å². The Morgan fingerprint density at radius 1 is 1.07 bits per heavy atom. The van der Waals surface area contributed by atoms with Crippen molar-refractivity contribution in [3.05, 3.63) is 75.2 Å². The normalized spacial score (nSPS) is 20.3. The number of nitrogens with one attached hydrogen (secondary N) is 2. The van der Waals surface area contributed by atoms with Gasteiger partial charge in [-0.25, -0.2) is 0 Å². The number of benzene rings is 2. The summed E-state index contributed by atoms with van der Waals surface area (Å²) in [6.45, 7) is -0.540. The van der Waals surface area contributed by atoms with E-state index in [9.17, 15) is 19.5 Å². The molecule has 0 bridgehead atoms. The molecule has 1 amide bonds. The van der Waals surface area contributed by atoms with E-state index in [0.29, 0.717) is 26.7 Å². The van der Waals surface area contributed by atoms with Crippen LogP contribution >= 0.6 is 23.4 Å². The Balaban J connectivity index is 1.56. The molecule has 0 fully saturated rings. The summed E-state index contributed by atoms with van der Waals surface area (Å²) in [6, 6.07) is 13.5. The monoisotopic (exact) mass is 428 g/mol. The maximum Gasteiger partial charge on any atom is 0.240 e. The Hall–Kier alpha value is -2.61. The van der Waals surface area contributed by atoms with Gasteiger partial charge in [0, 0.05) is 33.2 Å². The zero-order valence-electron chi connectivity index (χ0n) is 15.2. The van der Waals surface area contributed by atoms with Gasteiger partial charge in [0.1, 0.15) is 5.54 Å². The van der Waals surface area contributed by atoms with E-state index in [1.165, 1.54) is 11.8 Å². The van der Waals surface area contributed by atoms with Gasteiger partial charge in [-0.05, 0) is 24.3 Å². The molecule has 1 unspecified atom stereocenters. The van der Waals surface area contributed by atoms with Crippen molar-refractivity contribution in [2.75, 3.05) is 24.2 Å². The molecule has 2 aromatic carbocycles. The van der Waals surface area contributed by atoms with Crippen molar-refractivity contribution < 1.29 is 19.5 Å². The van der Waals surface area contributed by atoms with Crippen molar-refractivity contribution >= 4 is 46.5 Å². The molecule has 148 valence electrons. The summed E-state index contributed by atoms with van der Waals surface area (Å²) in [6.07, 6.45) is 0. The topological polar surface area (TPSA) is 95.5 Å². The van der Waals surface area contributed by atoms with Crippen molar-refractivity contribution in [3.8, 4) is 0 Å². The number of carbonyl (C=O) groups excluding carboxylic acids is 3. The number of carbonyl (C=O) groups is 3. The number of aliphatic hydroxyl groups excluding tert-OH is 1. The minimum atomic E-state index is -1.29. The predicted octanol–water partition coefficient (Wildman–Crippen LogP) is 2.68. The summed E-state index contributed by atoms with van der Waals surface area (Å²) < 4.78 is 0. The number of halogens is 1. The standard InChI is InChI=1S/C21H17ClN2O4S/c22-12-5-7-13(8-6-12)23-9-16(26)24-21(10-25)11-29-20-17(21)18(27)14-3-1-2-4-15(14)19(20)28/h1-8,23,25H,9-11H2,(H,24,26). The van der Waals surface area contributed by atoms with E-state index >= 15 is 0 Å². The smallest absolute Gasteiger partial charge is 0.240 e. The van der Waals surface area contributed by atoms with Crippen LogP contribution in [0.3, 0.4) is 0 Å². The Bertz CT molecular complexity index is 1050. The van der Waals surface area contributed by atoms with Gasteiger partial charge in [-0.3, -0.25) is 14.4 Å². The number of hydrogen-bond acceptors (Lipinski definition) is 6. The maximum absolute atomic E-state index is 13.1. The molecule has 1 aliphatic heterocycles. The lowest BCUT2D eigenvalue weighted by Gasteiger charge is -2.31. The summed E-state index contributed by atoms with van der Waals surface area (Å²) in [5.41, 5.74) is 0.243. The largest absolute Gasteiger partial charge is 0.394 e. The lowest BCUT2D eigenvalue weighted by molar-refractivity contribution is -0.121. The van der Waals surface area contributed by atoms with Crippen LogP contribution in [0.1, 0.15) is 20.7 Å². The van der Waals surface area contributed by atoms with Gasteiger partial charge >= 0.3 is 0 Å². The molecule has 1 heterocycles. The van der Waals surface area contributed by atoms with Crippen LogP contribution in [0.15, 0.2) is 59.0 Å². The Morgan fingerprint density at radius 3 is 2.38 bits per heavy atom. The molecule has 0 saturated carbocycles. The van der Waals surface area contributed by atoms with E-state index in [2.05, 4.69) is 10.6 Å². The van der Waals surface area contributed by atoms with Gasteiger partial charge in [-0.1, -0.05) is 35.9 Å². The molecule has 2 aromatic rings. The van der Waals surface area contributed by atoms with Crippen molar-refractivity contribution in [1.29, 1.82) is 0 Å². The highest BCUT2D eigenvalue weighted by atomic mass is 35.5. The summed E-state index contributed by atoms with van der Waals surface area (Å²) in [4.78, 5) is 38.8. The van der Waals surface area contributed by atoms with Crippen molar-refractivity contribution in [2.24, 2.45) is 0 Å². The lowest BCUT2D eigenvalue weighted by Crippen LogP contribution is -2.56. The first-order valence-corrected chi connectivity index (χ1v) is 10.3. The van der Waals surface area contributed by atoms with E-state index in [4.69, 9.17) is 11.6 Å². The molecule has 1 atom stereocenters. The molecular weight excluding hydrogens is 412 g/mol. The average molecular weight is 429 g/mol. The number of aliphatic hydroxyl groups is 1. The van der Waals surface area contributed by atoms with E-state index in [1.54, 1.807) is 48.5 Å². The first-order chi connectivity index (χ1) is 13.9. The third-order valence-electron chi connectivity index (χ3n) is 4.96. The van der Waals surface area contributed by atoms with E-state index < -0.39 is 18.1 Å². The fourth-order valence-corrected chi connectivity index (χ4v) is 5.01. The van der Waals surface area contributed by atoms with Gasteiger partial charge in [0.25, 0.3) is 0 Å². The Labute approximate surface area is 176 Å². The Morgan fingerprint density at radius 2 is 1.72 bits per heavy atom. The second kappa shape index (κ2) is 7.67. The number of amides is 1. The molecule has 2 aliphatic rings. The van der Waals surface area contributed by atoms with Crippen molar-refractivity contribution in [2.45, 2.75) is 5.54 Å². The van der Waals surface area contributed by atoms with Crippen LogP contribution in [0.4, 0.5) is 5.69 Å². The number of anilines is 1. The highest BCUT2D eigenvalue weighted by Gasteiger charge is 2.50. The van der Waals surface area contributed by atoms with Gasteiger partial charge in [-0.15, -0.1) is 11.8 Å². The molecule has 0 saturated heterocycles. The number of rotatable bonds is 5. The number of hydrogen-bond donors (Lipinski definition) is 3. The average Bonchev–Trinajstić information content (AvgIpc) is 3.11. The van der Waals surface area contributed by atoms with Crippen LogP contribution < -0.4 is 10.6 Å². The molecule has 0 radical (unpaired) electrons. The number of Topliss-reactive ketones (excluding diaryl/α,β-unsaturated/α-hetero) is 2. The molecule has 29 heavy (non-hydrogen) atoms. The molecule has 4 rings (SSSR count). The van der Waals surface area contributed by atoms with Gasteiger partial charge in [0.15, 0.2) is 5.78 Å². The van der Waals surface area contributed by atoms with Gasteiger partial charge in [0.2, 0.25) is 11.7 Å². The highest BCUT2D eigenvalue weighted by Crippen LogP contribution is 2.45. The van der Waals surface area contributed by atoms with E-state index in [-0.39, 0.29) is 29.4 Å². The fourth-order valence-electron chi connectivity index (χ4n) is 3.52. The predicted molar refractivity (Wildman–Crippen MR) is 112 cm³/mol. The number of ketones is 2. The SMILES string of the molecule is O=C(CNc1ccc(Cl)cc1)NC1(CO)CSC2=C1C(=O)c1ccccc1C2=O. The second-order valence-electron chi connectivity index (χ2n) is 6.85. The highest BCUT2D eigenvalue weighted by molar-refractivity contribution is 8.04. The van der Waals surface area contributed by atoms with Crippen molar-refractivity contribution in [3.63, 3.8) is 0 Å². The quantitative estimate of drug-likeness (QED) is 0.677. The third-order valence-corrected chi connectivity index (χ3v) is 6.53. The summed E-state index contributed by atoms with van der Waals surface area (Å²) in [5.74, 6) is -0.765. The van der Waals surface area contributed by atoms with Crippen LogP contribution in [-0.2, 0) is 4.79 Å². The van der Waals surface area contributed by atoms with Gasteiger partial charge in [-0.2, -0.15) is 0 Å². The molecular formula is C21H17ClN2O4S. The van der Waals surface area contributed by atoms with Gasteiger partial charge in [0.05, 0.1) is 18.1 Å². The van der Waals surface area contributed by atoms with Crippen LogP contribution in [0.5, 0.6) is 0 Å². The van der Waals surface area contributed by atoms with Gasteiger partial charge < -0.3 is 15.7 Å². The van der Waals surface area contributed by atoms with Crippen LogP contribution in [-0.4, -0.2) is 47.0 Å². The first-order valence-electron chi connectivity index (χ1n) is 8.92. The zero-order chi connectivity index (χ0) is 20.6. The fraction of sp³-hybridized carbons (Fsp3) is 0.190. The Kier molecular flexibility index (Phi) is 5.21. The molecule has 0 spiro atoms. The number of allylic oxidation sites excluding steroid dienone is 1. The summed E-state index contributed by atoms with van der Waals surface area (Å²) >= 11 is 7.04. The van der Waals surface area contributed by atoms with Crippen LogP contribution in [0, 0.1) is 0 Å². The van der Waals surface area contributed by atoms with Crippen LogP contribution in [0.25, 0.3) is 0 Å². The van der Waals surface area contributed by atoms with E-state index in [0.717, 1.165) is 0 Å². The number of fused-ring (bicyclic) bond motifs is 1. The minimum Gasteiger partial charge on any atom is -0.394 e. The number of thioether (sulfide) groups is 1. The summed E-state index contributed by atoms with van der Waals surface area (Å²) in [7, 11) is 0. The molecule has 8 heteroatoms. The second-order valence-corrected chi connectivity index (χ2v) is 8.27. The van der Waals surface area contributed by atoms with E-state index in [1.807, 2.05) is 0 Å².